The highest BCUT2D eigenvalue weighted by Crippen LogP contribution is 1.88. The molecule has 0 saturated carbocycles. The second-order valence-electron chi connectivity index (χ2n) is 3.20. The zero-order valence-electron chi connectivity index (χ0n) is 9.55. The highest BCUT2D eigenvalue weighted by atomic mass is 16.5. The summed E-state index contributed by atoms with van der Waals surface area (Å²) in [7, 11) is 1.66. The van der Waals surface area contributed by atoms with Crippen LogP contribution in [0.25, 0.3) is 0 Å². The SMILES string of the molecule is CCC(N)CC.CCC(N)COC. The van der Waals surface area contributed by atoms with Crippen molar-refractivity contribution < 1.29 is 4.74 Å². The summed E-state index contributed by atoms with van der Waals surface area (Å²) in [4.78, 5) is 0. The number of nitrogens with two attached hydrogens (primary N) is 2. The highest BCUT2D eigenvalue weighted by Gasteiger charge is 1.93. The van der Waals surface area contributed by atoms with Crippen LogP contribution in [0.3, 0.4) is 0 Å². The molecule has 0 heterocycles. The standard InChI is InChI=1S/C5H13NO.C5H13N/c1-3-5(6)4-7-2;1-3-5(6)4-2/h5H,3-4,6H2,1-2H3;5H,3-4,6H2,1-2H3. The molecule has 0 fully saturated rings. The van der Waals surface area contributed by atoms with Crippen LogP contribution in [-0.2, 0) is 4.74 Å². The molecular weight excluding hydrogens is 164 g/mol. The molecule has 13 heavy (non-hydrogen) atoms. The Morgan fingerprint density at radius 3 is 1.38 bits per heavy atom. The van der Waals surface area contributed by atoms with Crippen LogP contribution in [0.1, 0.15) is 40.0 Å². The fourth-order valence-corrected chi connectivity index (χ4v) is 0.621. The first kappa shape index (κ1) is 15.4. The first-order valence-corrected chi connectivity index (χ1v) is 5.12. The van der Waals surface area contributed by atoms with Crippen molar-refractivity contribution in [1.29, 1.82) is 0 Å². The molecule has 4 N–H and O–H groups in total. The summed E-state index contributed by atoms with van der Waals surface area (Å²) in [5.41, 5.74) is 10.9. The van der Waals surface area contributed by atoms with E-state index in [2.05, 4.69) is 13.8 Å². The first-order chi connectivity index (χ1) is 6.12. The fraction of sp³-hybridized carbons (Fsp3) is 1.00. The molecule has 1 unspecified atom stereocenters. The minimum absolute atomic E-state index is 0.227. The Hall–Kier alpha value is -0.120. The van der Waals surface area contributed by atoms with Gasteiger partial charge < -0.3 is 16.2 Å². The maximum atomic E-state index is 5.47. The maximum absolute atomic E-state index is 5.47. The summed E-state index contributed by atoms with van der Waals surface area (Å²) in [6, 6.07) is 0.662. The van der Waals surface area contributed by atoms with Gasteiger partial charge >= 0.3 is 0 Å². The summed E-state index contributed by atoms with van der Waals surface area (Å²) in [5, 5.41) is 0. The monoisotopic (exact) mass is 190 g/mol. The lowest BCUT2D eigenvalue weighted by molar-refractivity contribution is 0.179. The molecule has 0 rings (SSSR count). The normalized spacial score (nSPS) is 12.2. The molecule has 0 bridgehead atoms. The van der Waals surface area contributed by atoms with Crippen molar-refractivity contribution >= 4 is 0 Å². The van der Waals surface area contributed by atoms with E-state index < -0.39 is 0 Å². The van der Waals surface area contributed by atoms with Crippen LogP contribution in [0.5, 0.6) is 0 Å². The molecule has 0 radical (unpaired) electrons. The second-order valence-corrected chi connectivity index (χ2v) is 3.20. The van der Waals surface area contributed by atoms with Gasteiger partial charge in [0.2, 0.25) is 0 Å². The van der Waals surface area contributed by atoms with E-state index in [9.17, 15) is 0 Å². The fourth-order valence-electron chi connectivity index (χ4n) is 0.621. The summed E-state index contributed by atoms with van der Waals surface area (Å²) in [6.45, 7) is 6.93. The lowest BCUT2D eigenvalue weighted by Crippen LogP contribution is -2.23. The minimum atomic E-state index is 0.227. The van der Waals surface area contributed by atoms with Gasteiger partial charge in [0.15, 0.2) is 0 Å². The van der Waals surface area contributed by atoms with Crippen molar-refractivity contribution in [2.75, 3.05) is 13.7 Å². The Bertz CT molecular complexity index is 85.0. The lowest BCUT2D eigenvalue weighted by atomic mass is 10.2. The van der Waals surface area contributed by atoms with E-state index in [1.54, 1.807) is 7.11 Å². The molecule has 0 aromatic heterocycles. The predicted molar refractivity (Wildman–Crippen MR) is 58.7 cm³/mol. The molecule has 3 nitrogen and oxygen atoms in total. The van der Waals surface area contributed by atoms with E-state index in [1.807, 2.05) is 6.92 Å². The zero-order valence-corrected chi connectivity index (χ0v) is 9.55. The molecule has 0 aliphatic heterocycles. The van der Waals surface area contributed by atoms with Gasteiger partial charge in [0.1, 0.15) is 0 Å². The Labute approximate surface area is 82.8 Å². The smallest absolute Gasteiger partial charge is 0.0613 e. The van der Waals surface area contributed by atoms with Crippen molar-refractivity contribution in [1.82, 2.24) is 0 Å². The van der Waals surface area contributed by atoms with Gasteiger partial charge in [0.05, 0.1) is 6.61 Å². The van der Waals surface area contributed by atoms with Crippen molar-refractivity contribution in [3.05, 3.63) is 0 Å². The number of ether oxygens (including phenoxy) is 1. The molecule has 3 heteroatoms. The number of hydrogen-bond donors (Lipinski definition) is 2. The van der Waals surface area contributed by atoms with E-state index in [0.717, 1.165) is 19.3 Å². The van der Waals surface area contributed by atoms with Gasteiger partial charge in [-0.15, -0.1) is 0 Å². The Kier molecular flexibility index (Phi) is 14.0. The van der Waals surface area contributed by atoms with Gasteiger partial charge in [0.25, 0.3) is 0 Å². The summed E-state index contributed by atoms with van der Waals surface area (Å²) < 4.78 is 4.77. The minimum Gasteiger partial charge on any atom is -0.383 e. The summed E-state index contributed by atoms with van der Waals surface area (Å²) >= 11 is 0. The largest absolute Gasteiger partial charge is 0.383 e. The number of hydrogen-bond acceptors (Lipinski definition) is 3. The molecule has 1 atom stereocenters. The van der Waals surface area contributed by atoms with E-state index in [1.165, 1.54) is 0 Å². The van der Waals surface area contributed by atoms with Crippen LogP contribution in [0.15, 0.2) is 0 Å². The highest BCUT2D eigenvalue weighted by molar-refractivity contribution is 4.53. The van der Waals surface area contributed by atoms with E-state index >= 15 is 0 Å². The maximum Gasteiger partial charge on any atom is 0.0613 e. The van der Waals surface area contributed by atoms with Crippen molar-refractivity contribution in [2.24, 2.45) is 11.5 Å². The van der Waals surface area contributed by atoms with Crippen LogP contribution in [-0.4, -0.2) is 25.8 Å². The molecule has 82 valence electrons. The second kappa shape index (κ2) is 11.9. The van der Waals surface area contributed by atoms with Crippen molar-refractivity contribution in [3.8, 4) is 0 Å². The Morgan fingerprint density at radius 2 is 1.31 bits per heavy atom. The number of rotatable bonds is 5. The van der Waals surface area contributed by atoms with Gasteiger partial charge in [-0.3, -0.25) is 0 Å². The third kappa shape index (κ3) is 14.7. The third-order valence-electron chi connectivity index (χ3n) is 1.95. The van der Waals surface area contributed by atoms with Crippen molar-refractivity contribution in [3.63, 3.8) is 0 Å². The van der Waals surface area contributed by atoms with Crippen LogP contribution in [0.4, 0.5) is 0 Å². The zero-order chi connectivity index (χ0) is 10.7. The Morgan fingerprint density at radius 1 is 0.923 bits per heavy atom. The van der Waals surface area contributed by atoms with Gasteiger partial charge in [-0.2, -0.15) is 0 Å². The molecule has 0 saturated heterocycles. The van der Waals surface area contributed by atoms with Crippen molar-refractivity contribution in [2.45, 2.75) is 52.1 Å². The average Bonchev–Trinajstić information content (AvgIpc) is 2.18. The molecule has 0 aliphatic carbocycles. The van der Waals surface area contributed by atoms with Gasteiger partial charge in [-0.1, -0.05) is 20.8 Å². The molecule has 0 aromatic carbocycles. The number of methoxy groups -OCH3 is 1. The quantitative estimate of drug-likeness (QED) is 0.690. The Balaban J connectivity index is 0. The lowest BCUT2D eigenvalue weighted by Gasteiger charge is -2.03. The molecular formula is C10H26N2O. The van der Waals surface area contributed by atoms with Crippen LogP contribution < -0.4 is 11.5 Å². The molecule has 0 aromatic rings. The molecule has 0 spiro atoms. The van der Waals surface area contributed by atoms with Gasteiger partial charge in [-0.25, -0.2) is 0 Å². The summed E-state index contributed by atoms with van der Waals surface area (Å²) in [5.74, 6) is 0. The van der Waals surface area contributed by atoms with E-state index in [0.29, 0.717) is 12.6 Å². The van der Waals surface area contributed by atoms with Gasteiger partial charge in [-0.05, 0) is 19.3 Å². The van der Waals surface area contributed by atoms with E-state index in [4.69, 9.17) is 16.2 Å². The van der Waals surface area contributed by atoms with Crippen LogP contribution in [0.2, 0.25) is 0 Å². The molecule has 0 aliphatic rings. The summed E-state index contributed by atoms with van der Waals surface area (Å²) in [6.07, 6.45) is 3.21. The predicted octanol–water partition coefficient (Wildman–Crippen LogP) is 1.50. The average molecular weight is 190 g/mol. The first-order valence-electron chi connectivity index (χ1n) is 5.12. The van der Waals surface area contributed by atoms with Crippen LogP contribution in [0, 0.1) is 0 Å². The van der Waals surface area contributed by atoms with Gasteiger partial charge in [0, 0.05) is 19.2 Å². The van der Waals surface area contributed by atoms with E-state index in [-0.39, 0.29) is 6.04 Å². The van der Waals surface area contributed by atoms with Crippen LogP contribution >= 0.6 is 0 Å². The topological polar surface area (TPSA) is 61.3 Å². The molecule has 0 amide bonds. The third-order valence-corrected chi connectivity index (χ3v) is 1.95.